The number of halogens is 1. The molecule has 5 aliphatic rings. The van der Waals surface area contributed by atoms with Crippen LogP contribution in [0.1, 0.15) is 16.9 Å². The van der Waals surface area contributed by atoms with Crippen LogP contribution in [0.3, 0.4) is 0 Å². The molecule has 1 aromatic rings. The molecule has 2 saturated carbocycles. The van der Waals surface area contributed by atoms with E-state index in [1.54, 1.807) is 0 Å². The standard InChI is InChI=1S/C17H17BrN2O/c18-16-3-1-2-15(19-16)17(21)20-7-13-9-4-5-10(14(13)8-20)12-6-11(9)12/h1-5,9-14H,6-8H2/t9-,10+,11+,12-,13-,14?/m0/s1. The Bertz CT molecular complexity index is 632. The molecule has 2 heterocycles. The maximum Gasteiger partial charge on any atom is 0.272 e. The van der Waals surface area contributed by atoms with Crippen LogP contribution in [0, 0.1) is 35.5 Å². The third-order valence-corrected chi connectivity index (χ3v) is 6.50. The number of hydrogen-bond donors (Lipinski definition) is 0. The minimum atomic E-state index is 0.0961. The lowest BCUT2D eigenvalue weighted by Gasteiger charge is -2.40. The van der Waals surface area contributed by atoms with Gasteiger partial charge in [0.1, 0.15) is 10.3 Å². The van der Waals surface area contributed by atoms with Gasteiger partial charge in [0.2, 0.25) is 0 Å². The number of allylic oxidation sites excluding steroid dienone is 2. The van der Waals surface area contributed by atoms with E-state index in [1.807, 2.05) is 23.1 Å². The molecule has 1 saturated heterocycles. The Morgan fingerprint density at radius 3 is 2.38 bits per heavy atom. The van der Waals surface area contributed by atoms with Crippen LogP contribution in [0.15, 0.2) is 35.0 Å². The zero-order chi connectivity index (χ0) is 14.1. The molecule has 21 heavy (non-hydrogen) atoms. The fourth-order valence-electron chi connectivity index (χ4n) is 5.11. The number of pyridine rings is 1. The Hall–Kier alpha value is -1.16. The van der Waals surface area contributed by atoms with Gasteiger partial charge in [0.15, 0.2) is 0 Å². The molecule has 0 N–H and O–H groups in total. The van der Waals surface area contributed by atoms with E-state index in [0.717, 1.165) is 41.4 Å². The Morgan fingerprint density at radius 2 is 1.76 bits per heavy atom. The summed E-state index contributed by atoms with van der Waals surface area (Å²) in [7, 11) is 0. The highest BCUT2D eigenvalue weighted by atomic mass is 79.9. The third kappa shape index (κ3) is 1.71. The van der Waals surface area contributed by atoms with E-state index < -0.39 is 0 Å². The summed E-state index contributed by atoms with van der Waals surface area (Å²) in [6.45, 7) is 1.85. The maximum absolute atomic E-state index is 12.7. The minimum Gasteiger partial charge on any atom is -0.337 e. The van der Waals surface area contributed by atoms with Gasteiger partial charge in [-0.1, -0.05) is 18.2 Å². The van der Waals surface area contributed by atoms with E-state index in [2.05, 4.69) is 33.1 Å². The molecule has 3 fully saturated rings. The average molecular weight is 345 g/mol. The Kier molecular flexibility index (Phi) is 2.47. The van der Waals surface area contributed by atoms with Gasteiger partial charge in [-0.3, -0.25) is 4.79 Å². The van der Waals surface area contributed by atoms with Gasteiger partial charge in [0.05, 0.1) is 0 Å². The Balaban J connectivity index is 1.41. The molecular formula is C17H17BrN2O. The molecule has 6 rings (SSSR count). The first kappa shape index (κ1) is 12.4. The highest BCUT2D eigenvalue weighted by Crippen LogP contribution is 2.64. The van der Waals surface area contributed by atoms with E-state index in [1.165, 1.54) is 6.42 Å². The normalized spacial score (nSPS) is 41.9. The molecular weight excluding hydrogens is 328 g/mol. The van der Waals surface area contributed by atoms with Crippen LogP contribution in [-0.4, -0.2) is 28.9 Å². The third-order valence-electron chi connectivity index (χ3n) is 6.06. The van der Waals surface area contributed by atoms with Crippen molar-refractivity contribution in [1.29, 1.82) is 0 Å². The molecule has 1 unspecified atom stereocenters. The number of aromatic nitrogens is 1. The Labute approximate surface area is 132 Å². The van der Waals surface area contributed by atoms with E-state index in [4.69, 9.17) is 0 Å². The summed E-state index contributed by atoms with van der Waals surface area (Å²) < 4.78 is 0.730. The minimum absolute atomic E-state index is 0.0961. The molecule has 0 radical (unpaired) electrons. The summed E-state index contributed by atoms with van der Waals surface area (Å²) >= 11 is 3.35. The van der Waals surface area contributed by atoms with Crippen molar-refractivity contribution in [3.8, 4) is 0 Å². The first-order valence-corrected chi connectivity index (χ1v) is 8.62. The topological polar surface area (TPSA) is 33.2 Å². The van der Waals surface area contributed by atoms with E-state index in [9.17, 15) is 4.79 Å². The smallest absolute Gasteiger partial charge is 0.272 e. The van der Waals surface area contributed by atoms with Gasteiger partial charge in [-0.25, -0.2) is 4.98 Å². The van der Waals surface area contributed by atoms with E-state index in [0.29, 0.717) is 17.5 Å². The van der Waals surface area contributed by atoms with Crippen LogP contribution in [0.25, 0.3) is 0 Å². The van der Waals surface area contributed by atoms with Crippen molar-refractivity contribution in [2.45, 2.75) is 6.42 Å². The molecule has 2 bridgehead atoms. The zero-order valence-corrected chi connectivity index (χ0v) is 13.2. The fourth-order valence-corrected chi connectivity index (χ4v) is 5.45. The van der Waals surface area contributed by atoms with Crippen molar-refractivity contribution in [2.24, 2.45) is 35.5 Å². The summed E-state index contributed by atoms with van der Waals surface area (Å²) in [5.41, 5.74) is 0.563. The molecule has 4 aliphatic carbocycles. The predicted molar refractivity (Wildman–Crippen MR) is 82.5 cm³/mol. The Morgan fingerprint density at radius 1 is 1.10 bits per heavy atom. The van der Waals surface area contributed by atoms with Crippen molar-refractivity contribution in [2.75, 3.05) is 13.1 Å². The monoisotopic (exact) mass is 344 g/mol. The lowest BCUT2D eigenvalue weighted by atomic mass is 9.64. The van der Waals surface area contributed by atoms with E-state index in [-0.39, 0.29) is 5.91 Å². The number of nitrogens with zero attached hydrogens (tertiary/aromatic N) is 2. The van der Waals surface area contributed by atoms with E-state index >= 15 is 0 Å². The predicted octanol–water partition coefficient (Wildman–Crippen LogP) is 2.98. The summed E-state index contributed by atoms with van der Waals surface area (Å²) in [5.74, 6) is 4.82. The summed E-state index contributed by atoms with van der Waals surface area (Å²) in [4.78, 5) is 19.1. The second kappa shape index (κ2) is 4.19. The lowest BCUT2D eigenvalue weighted by Crippen LogP contribution is -2.37. The molecule has 6 atom stereocenters. The van der Waals surface area contributed by atoms with Gasteiger partial charge in [-0.05, 0) is 70.0 Å². The largest absolute Gasteiger partial charge is 0.337 e. The number of carbonyl (C=O) groups is 1. The van der Waals surface area contributed by atoms with Crippen molar-refractivity contribution in [1.82, 2.24) is 9.88 Å². The summed E-state index contributed by atoms with van der Waals surface area (Å²) in [6, 6.07) is 5.56. The van der Waals surface area contributed by atoms with Gasteiger partial charge < -0.3 is 4.90 Å². The number of carbonyl (C=O) groups excluding carboxylic acids is 1. The molecule has 0 aromatic carbocycles. The second-order valence-electron chi connectivity index (χ2n) is 6.99. The lowest BCUT2D eigenvalue weighted by molar-refractivity contribution is 0.0775. The van der Waals surface area contributed by atoms with Crippen molar-refractivity contribution < 1.29 is 4.79 Å². The van der Waals surface area contributed by atoms with Crippen LogP contribution in [0.5, 0.6) is 0 Å². The summed E-state index contributed by atoms with van der Waals surface area (Å²) in [6.07, 6.45) is 6.33. The van der Waals surface area contributed by atoms with Crippen LogP contribution in [-0.2, 0) is 0 Å². The highest BCUT2D eigenvalue weighted by molar-refractivity contribution is 9.10. The quantitative estimate of drug-likeness (QED) is 0.579. The SMILES string of the molecule is O=C(c1cccc(Br)n1)N1CC2[C@@H](C1)[C@H]1C=C[C@@H]2[C@@H]2C[C@H]12. The molecule has 3 nitrogen and oxygen atoms in total. The molecule has 1 amide bonds. The van der Waals surface area contributed by atoms with Crippen molar-refractivity contribution in [3.05, 3.63) is 40.6 Å². The van der Waals surface area contributed by atoms with Gasteiger partial charge >= 0.3 is 0 Å². The van der Waals surface area contributed by atoms with Gasteiger partial charge in [-0.2, -0.15) is 0 Å². The number of amides is 1. The molecule has 4 heteroatoms. The number of rotatable bonds is 1. The average Bonchev–Trinajstić information content (AvgIpc) is 3.19. The van der Waals surface area contributed by atoms with Gasteiger partial charge in [0, 0.05) is 13.1 Å². The highest BCUT2D eigenvalue weighted by Gasteiger charge is 2.61. The molecule has 0 spiro atoms. The zero-order valence-electron chi connectivity index (χ0n) is 11.7. The van der Waals surface area contributed by atoms with Crippen LogP contribution < -0.4 is 0 Å². The second-order valence-corrected chi connectivity index (χ2v) is 7.80. The molecule has 108 valence electrons. The molecule has 1 aliphatic heterocycles. The van der Waals surface area contributed by atoms with Crippen LogP contribution in [0.4, 0.5) is 0 Å². The first-order chi connectivity index (χ1) is 10.2. The van der Waals surface area contributed by atoms with Gasteiger partial charge in [-0.15, -0.1) is 0 Å². The number of likely N-dealkylation sites (tertiary alicyclic amines) is 1. The van der Waals surface area contributed by atoms with Gasteiger partial charge in [0.25, 0.3) is 5.91 Å². The fraction of sp³-hybridized carbons (Fsp3) is 0.529. The summed E-state index contributed by atoms with van der Waals surface area (Å²) in [5, 5.41) is 0. The molecule has 1 aromatic heterocycles. The van der Waals surface area contributed by atoms with Crippen LogP contribution >= 0.6 is 15.9 Å². The number of hydrogen-bond acceptors (Lipinski definition) is 2. The van der Waals surface area contributed by atoms with Crippen LogP contribution in [0.2, 0.25) is 0 Å². The van der Waals surface area contributed by atoms with Crippen molar-refractivity contribution >= 4 is 21.8 Å². The maximum atomic E-state index is 12.7. The first-order valence-electron chi connectivity index (χ1n) is 7.82. The van der Waals surface area contributed by atoms with Crippen molar-refractivity contribution in [3.63, 3.8) is 0 Å².